The van der Waals surface area contributed by atoms with Crippen LogP contribution in [0.1, 0.15) is 43.6 Å². The van der Waals surface area contributed by atoms with Crippen LogP contribution in [-0.2, 0) is 4.79 Å². The third-order valence-corrected chi connectivity index (χ3v) is 5.49. The number of carboxylic acids is 1. The van der Waals surface area contributed by atoms with E-state index in [4.69, 9.17) is 0 Å². The first-order valence-corrected chi connectivity index (χ1v) is 7.61. The van der Waals surface area contributed by atoms with E-state index >= 15 is 0 Å². The quantitative estimate of drug-likeness (QED) is 0.917. The Hall–Kier alpha value is -1.97. The minimum Gasteiger partial charge on any atom is -0.481 e. The van der Waals surface area contributed by atoms with Crippen LogP contribution in [-0.4, -0.2) is 21.0 Å². The predicted octanol–water partition coefficient (Wildman–Crippen LogP) is 3.38. The summed E-state index contributed by atoms with van der Waals surface area (Å²) in [6.45, 7) is 0. The van der Waals surface area contributed by atoms with E-state index in [0.717, 1.165) is 43.0 Å². The number of hydrogen-bond donors (Lipinski definition) is 1. The lowest BCUT2D eigenvalue weighted by Gasteiger charge is -2.29. The van der Waals surface area contributed by atoms with Crippen molar-refractivity contribution in [2.75, 3.05) is 0 Å². The second-order valence-corrected chi connectivity index (χ2v) is 6.52. The highest BCUT2D eigenvalue weighted by atomic mass is 16.4. The Morgan fingerprint density at radius 2 is 2.05 bits per heavy atom. The molecule has 108 valence electrons. The van der Waals surface area contributed by atoms with Gasteiger partial charge in [-0.15, -0.1) is 0 Å². The van der Waals surface area contributed by atoms with Gasteiger partial charge in [0.25, 0.3) is 0 Å². The monoisotopic (exact) mass is 282 g/mol. The summed E-state index contributed by atoms with van der Waals surface area (Å²) in [6, 6.07) is 4.05. The summed E-state index contributed by atoms with van der Waals surface area (Å²) in [5.41, 5.74) is 2.44. The molecule has 2 aromatic heterocycles. The lowest BCUT2D eigenvalue weighted by molar-refractivity contribution is -0.139. The Morgan fingerprint density at radius 1 is 1.24 bits per heavy atom. The number of carbonyl (C=O) groups is 1. The molecule has 1 atom stereocenters. The van der Waals surface area contributed by atoms with Gasteiger partial charge in [-0.25, -0.2) is 0 Å². The number of pyridine rings is 2. The third kappa shape index (κ3) is 2.01. The second-order valence-electron chi connectivity index (χ2n) is 6.52. The van der Waals surface area contributed by atoms with Gasteiger partial charge in [0.15, 0.2) is 0 Å². The Labute approximate surface area is 123 Å². The zero-order valence-electron chi connectivity index (χ0n) is 11.8. The molecule has 0 radical (unpaired) electrons. The van der Waals surface area contributed by atoms with Crippen molar-refractivity contribution in [2.45, 2.75) is 38.0 Å². The van der Waals surface area contributed by atoms with Crippen LogP contribution in [0.3, 0.4) is 0 Å². The molecular formula is C17H18N2O2. The summed E-state index contributed by atoms with van der Waals surface area (Å²) in [4.78, 5) is 19.8. The van der Waals surface area contributed by atoms with E-state index in [1.165, 1.54) is 5.56 Å². The van der Waals surface area contributed by atoms with Crippen LogP contribution in [0.5, 0.6) is 0 Å². The molecule has 4 rings (SSSR count). The van der Waals surface area contributed by atoms with Gasteiger partial charge in [-0.05, 0) is 61.1 Å². The van der Waals surface area contributed by atoms with Crippen molar-refractivity contribution in [2.24, 2.45) is 11.3 Å². The molecule has 2 aliphatic rings. The van der Waals surface area contributed by atoms with Gasteiger partial charge in [-0.1, -0.05) is 0 Å². The molecule has 21 heavy (non-hydrogen) atoms. The summed E-state index contributed by atoms with van der Waals surface area (Å²) in [5, 5.41) is 10.3. The molecule has 2 heterocycles. The van der Waals surface area contributed by atoms with Gasteiger partial charge in [0.2, 0.25) is 0 Å². The fourth-order valence-electron chi connectivity index (χ4n) is 4.12. The second kappa shape index (κ2) is 4.52. The van der Waals surface area contributed by atoms with Gasteiger partial charge in [-0.2, -0.15) is 0 Å². The van der Waals surface area contributed by atoms with Crippen molar-refractivity contribution in [1.82, 2.24) is 9.97 Å². The Morgan fingerprint density at radius 3 is 2.76 bits per heavy atom. The fourth-order valence-corrected chi connectivity index (χ4v) is 4.12. The molecule has 4 heteroatoms. The Kier molecular flexibility index (Phi) is 2.74. The van der Waals surface area contributed by atoms with Crippen LogP contribution in [0, 0.1) is 11.3 Å². The largest absolute Gasteiger partial charge is 0.481 e. The average molecular weight is 282 g/mol. The van der Waals surface area contributed by atoms with E-state index < -0.39 is 5.97 Å². The number of carboxylic acid groups (broad SMARTS) is 1. The van der Waals surface area contributed by atoms with Gasteiger partial charge in [-0.3, -0.25) is 14.8 Å². The smallest absolute Gasteiger partial charge is 0.307 e. The summed E-state index contributed by atoms with van der Waals surface area (Å²) in [7, 11) is 0. The van der Waals surface area contributed by atoms with Crippen LogP contribution in [0.25, 0.3) is 10.9 Å². The van der Waals surface area contributed by atoms with Gasteiger partial charge in [0.05, 0.1) is 11.4 Å². The van der Waals surface area contributed by atoms with Crippen molar-refractivity contribution >= 4 is 16.9 Å². The zero-order valence-corrected chi connectivity index (χ0v) is 11.8. The molecule has 1 spiro atoms. The van der Waals surface area contributed by atoms with Gasteiger partial charge >= 0.3 is 5.97 Å². The molecule has 0 amide bonds. The fraction of sp³-hybridized carbons (Fsp3) is 0.471. The van der Waals surface area contributed by atoms with E-state index in [1.807, 2.05) is 18.5 Å². The van der Waals surface area contributed by atoms with Crippen LogP contribution in [0.2, 0.25) is 0 Å². The maximum Gasteiger partial charge on any atom is 0.307 e. The number of fused-ring (bicyclic) bond motifs is 1. The highest BCUT2D eigenvalue weighted by Crippen LogP contribution is 2.63. The Bertz CT molecular complexity index is 700. The lowest BCUT2D eigenvalue weighted by atomic mass is 9.75. The molecule has 4 nitrogen and oxygen atoms in total. The average Bonchev–Trinajstić information content (AvgIpc) is 3.22. The van der Waals surface area contributed by atoms with E-state index in [-0.39, 0.29) is 11.3 Å². The van der Waals surface area contributed by atoms with E-state index in [0.29, 0.717) is 5.92 Å². The number of nitrogens with zero attached hydrogens (tertiary/aromatic N) is 2. The molecule has 0 unspecified atom stereocenters. The van der Waals surface area contributed by atoms with Gasteiger partial charge in [0, 0.05) is 24.0 Å². The van der Waals surface area contributed by atoms with Crippen LogP contribution in [0.4, 0.5) is 0 Å². The molecule has 2 aliphatic carbocycles. The molecule has 0 bridgehead atoms. The third-order valence-electron chi connectivity index (χ3n) is 5.49. The summed E-state index contributed by atoms with van der Waals surface area (Å²) in [6.07, 6.45) is 10.7. The molecule has 2 saturated carbocycles. The lowest BCUT2D eigenvalue weighted by Crippen LogP contribution is -2.18. The number of rotatable bonds is 2. The molecule has 0 aromatic carbocycles. The summed E-state index contributed by atoms with van der Waals surface area (Å²) >= 11 is 0. The normalized spacial score (nSPS) is 31.4. The summed E-state index contributed by atoms with van der Waals surface area (Å²) in [5.74, 6) is -0.179. The van der Waals surface area contributed by atoms with E-state index in [1.54, 1.807) is 6.20 Å². The topological polar surface area (TPSA) is 63.1 Å². The van der Waals surface area contributed by atoms with Crippen molar-refractivity contribution in [3.05, 3.63) is 36.3 Å². The molecular weight excluding hydrogens is 264 g/mol. The molecule has 2 aromatic rings. The molecule has 0 aliphatic heterocycles. The van der Waals surface area contributed by atoms with Gasteiger partial charge < -0.3 is 5.11 Å². The van der Waals surface area contributed by atoms with Crippen LogP contribution < -0.4 is 0 Å². The predicted molar refractivity (Wildman–Crippen MR) is 78.9 cm³/mol. The highest BCUT2D eigenvalue weighted by Gasteiger charge is 2.58. The number of aliphatic carboxylic acids is 1. The zero-order chi connectivity index (χ0) is 14.4. The Balaban J connectivity index is 1.57. The number of aromatic nitrogens is 2. The summed E-state index contributed by atoms with van der Waals surface area (Å²) < 4.78 is 0. The number of hydrogen-bond acceptors (Lipinski definition) is 3. The van der Waals surface area contributed by atoms with Crippen molar-refractivity contribution in [3.8, 4) is 0 Å². The maximum absolute atomic E-state index is 11.1. The van der Waals surface area contributed by atoms with Crippen molar-refractivity contribution < 1.29 is 9.90 Å². The van der Waals surface area contributed by atoms with E-state index in [2.05, 4.69) is 16.0 Å². The van der Waals surface area contributed by atoms with Crippen molar-refractivity contribution in [1.29, 1.82) is 0 Å². The highest BCUT2D eigenvalue weighted by molar-refractivity contribution is 5.81. The molecule has 1 N–H and O–H groups in total. The van der Waals surface area contributed by atoms with Crippen molar-refractivity contribution in [3.63, 3.8) is 0 Å². The molecule has 2 fully saturated rings. The standard InChI is InChI=1S/C17H18N2O2/c20-16(21)14-9-17(14)5-1-11(2-6-17)12-3-8-19-15-4-7-18-10-13(12)15/h3-4,7-8,10-11,14H,1-2,5-6,9H2,(H,20,21)/t11?,14-,17?/m1/s1. The minimum atomic E-state index is -0.605. The van der Waals surface area contributed by atoms with Crippen LogP contribution >= 0.6 is 0 Å². The van der Waals surface area contributed by atoms with Crippen LogP contribution in [0.15, 0.2) is 30.7 Å². The first kappa shape index (κ1) is 12.7. The molecule has 0 saturated heterocycles. The minimum absolute atomic E-state index is 0.0886. The van der Waals surface area contributed by atoms with E-state index in [9.17, 15) is 9.90 Å². The van der Waals surface area contributed by atoms with Gasteiger partial charge in [0.1, 0.15) is 0 Å². The maximum atomic E-state index is 11.1. The SMILES string of the molecule is O=C(O)[C@H]1CC12CCC(c1ccnc3ccncc13)CC2. The first-order chi connectivity index (χ1) is 10.2. The first-order valence-electron chi connectivity index (χ1n) is 7.61.